The molecule has 0 radical (unpaired) electrons. The minimum absolute atomic E-state index is 0.513. The summed E-state index contributed by atoms with van der Waals surface area (Å²) in [6, 6.07) is 10.2. The number of aromatic nitrogens is 3. The predicted molar refractivity (Wildman–Crippen MR) is 80.7 cm³/mol. The van der Waals surface area contributed by atoms with E-state index in [1.807, 2.05) is 22.9 Å². The van der Waals surface area contributed by atoms with Crippen molar-refractivity contribution in [2.45, 2.75) is 13.8 Å². The van der Waals surface area contributed by atoms with Crippen LogP contribution in [0.25, 0.3) is 16.9 Å². The number of nitrogens with two attached hydrogens (primary N) is 1. The Morgan fingerprint density at radius 1 is 1.15 bits per heavy atom. The van der Waals surface area contributed by atoms with E-state index < -0.39 is 0 Å². The molecule has 2 aromatic heterocycles. The third-order valence-corrected chi connectivity index (χ3v) is 3.36. The zero-order valence-corrected chi connectivity index (χ0v) is 11.5. The standard InChI is InChI=1S/C16H16N4/c1-11-5-6-14(12(2)8-11)20-10-18-9-15(20)13-4-3-7-19-16(13)17/h3-10H,1-2H3,(H2,17,19). The smallest absolute Gasteiger partial charge is 0.132 e. The van der Waals surface area contributed by atoms with Gasteiger partial charge in [0.05, 0.1) is 23.9 Å². The molecule has 0 saturated carbocycles. The maximum Gasteiger partial charge on any atom is 0.132 e. The van der Waals surface area contributed by atoms with Gasteiger partial charge in [0.2, 0.25) is 0 Å². The van der Waals surface area contributed by atoms with Gasteiger partial charge in [-0.2, -0.15) is 0 Å². The minimum Gasteiger partial charge on any atom is -0.383 e. The van der Waals surface area contributed by atoms with Crippen LogP contribution in [0.1, 0.15) is 11.1 Å². The fourth-order valence-corrected chi connectivity index (χ4v) is 2.40. The Morgan fingerprint density at radius 3 is 2.75 bits per heavy atom. The van der Waals surface area contributed by atoms with Crippen molar-refractivity contribution >= 4 is 5.82 Å². The monoisotopic (exact) mass is 264 g/mol. The van der Waals surface area contributed by atoms with Gasteiger partial charge in [-0.05, 0) is 37.6 Å². The Bertz CT molecular complexity index is 759. The number of benzene rings is 1. The molecule has 0 spiro atoms. The largest absolute Gasteiger partial charge is 0.383 e. The van der Waals surface area contributed by atoms with Crippen LogP contribution in [0.4, 0.5) is 5.82 Å². The van der Waals surface area contributed by atoms with E-state index in [2.05, 4.69) is 42.0 Å². The second-order valence-electron chi connectivity index (χ2n) is 4.88. The summed E-state index contributed by atoms with van der Waals surface area (Å²) in [5.74, 6) is 0.513. The van der Waals surface area contributed by atoms with E-state index in [0.717, 1.165) is 16.9 Å². The van der Waals surface area contributed by atoms with Crippen molar-refractivity contribution in [3.8, 4) is 16.9 Å². The molecule has 4 heteroatoms. The molecule has 100 valence electrons. The highest BCUT2D eigenvalue weighted by Gasteiger charge is 2.11. The average molecular weight is 264 g/mol. The van der Waals surface area contributed by atoms with Gasteiger partial charge in [-0.15, -0.1) is 0 Å². The van der Waals surface area contributed by atoms with Crippen LogP contribution in [0.15, 0.2) is 49.1 Å². The molecule has 0 aliphatic heterocycles. The molecule has 0 saturated heterocycles. The first-order valence-electron chi connectivity index (χ1n) is 6.47. The molecule has 4 nitrogen and oxygen atoms in total. The van der Waals surface area contributed by atoms with Crippen molar-refractivity contribution in [3.63, 3.8) is 0 Å². The molecule has 0 aliphatic carbocycles. The number of hydrogen-bond donors (Lipinski definition) is 1. The SMILES string of the molecule is Cc1ccc(-n2cncc2-c2cccnc2N)c(C)c1. The first-order chi connectivity index (χ1) is 9.66. The summed E-state index contributed by atoms with van der Waals surface area (Å²) in [5.41, 5.74) is 11.4. The lowest BCUT2D eigenvalue weighted by molar-refractivity contribution is 1.04. The Kier molecular flexibility index (Phi) is 2.99. The second-order valence-corrected chi connectivity index (χ2v) is 4.88. The van der Waals surface area contributed by atoms with Gasteiger partial charge in [0.25, 0.3) is 0 Å². The number of imidazole rings is 1. The lowest BCUT2D eigenvalue weighted by atomic mass is 10.1. The van der Waals surface area contributed by atoms with E-state index in [9.17, 15) is 0 Å². The summed E-state index contributed by atoms with van der Waals surface area (Å²) >= 11 is 0. The predicted octanol–water partition coefficient (Wildman–Crippen LogP) is 3.13. The number of nitrogens with zero attached hydrogens (tertiary/aromatic N) is 3. The fourth-order valence-electron chi connectivity index (χ4n) is 2.40. The number of hydrogen-bond acceptors (Lipinski definition) is 3. The molecule has 2 heterocycles. The molecule has 0 atom stereocenters. The molecule has 0 aliphatic rings. The highest BCUT2D eigenvalue weighted by Crippen LogP contribution is 2.27. The van der Waals surface area contributed by atoms with E-state index in [1.54, 1.807) is 12.5 Å². The molecule has 2 N–H and O–H groups in total. The van der Waals surface area contributed by atoms with Crippen LogP contribution in [-0.2, 0) is 0 Å². The first kappa shape index (κ1) is 12.4. The maximum absolute atomic E-state index is 5.97. The van der Waals surface area contributed by atoms with Crippen LogP contribution in [0.5, 0.6) is 0 Å². The lowest BCUT2D eigenvalue weighted by Gasteiger charge is -2.12. The third kappa shape index (κ3) is 2.05. The molecule has 3 aromatic rings. The Morgan fingerprint density at radius 2 is 2.00 bits per heavy atom. The molecule has 0 fully saturated rings. The molecular formula is C16H16N4. The summed E-state index contributed by atoms with van der Waals surface area (Å²) in [6.07, 6.45) is 5.31. The highest BCUT2D eigenvalue weighted by atomic mass is 15.1. The zero-order chi connectivity index (χ0) is 14.1. The van der Waals surface area contributed by atoms with Gasteiger partial charge in [-0.1, -0.05) is 17.7 Å². The van der Waals surface area contributed by atoms with Gasteiger partial charge >= 0.3 is 0 Å². The summed E-state index contributed by atoms with van der Waals surface area (Å²) < 4.78 is 2.04. The number of nitrogen functional groups attached to an aromatic ring is 1. The maximum atomic E-state index is 5.97. The third-order valence-electron chi connectivity index (χ3n) is 3.36. The number of anilines is 1. The van der Waals surface area contributed by atoms with Gasteiger partial charge in [0, 0.05) is 11.8 Å². The van der Waals surface area contributed by atoms with Crippen molar-refractivity contribution in [3.05, 3.63) is 60.2 Å². The van der Waals surface area contributed by atoms with Crippen LogP contribution in [-0.4, -0.2) is 14.5 Å². The van der Waals surface area contributed by atoms with Crippen LogP contribution in [0, 0.1) is 13.8 Å². The van der Waals surface area contributed by atoms with Crippen LogP contribution in [0.3, 0.4) is 0 Å². The first-order valence-corrected chi connectivity index (χ1v) is 6.47. The van der Waals surface area contributed by atoms with Crippen molar-refractivity contribution < 1.29 is 0 Å². The van der Waals surface area contributed by atoms with E-state index in [4.69, 9.17) is 5.73 Å². The quantitative estimate of drug-likeness (QED) is 0.773. The normalized spacial score (nSPS) is 10.7. The molecule has 0 unspecified atom stereocenters. The average Bonchev–Trinajstić information content (AvgIpc) is 2.88. The summed E-state index contributed by atoms with van der Waals surface area (Å²) in [6.45, 7) is 4.18. The van der Waals surface area contributed by atoms with Crippen molar-refractivity contribution in [1.29, 1.82) is 0 Å². The van der Waals surface area contributed by atoms with Gasteiger partial charge < -0.3 is 5.73 Å². The molecule has 1 aromatic carbocycles. The van der Waals surface area contributed by atoms with Crippen molar-refractivity contribution in [2.24, 2.45) is 0 Å². The van der Waals surface area contributed by atoms with E-state index in [1.165, 1.54) is 11.1 Å². The Hall–Kier alpha value is -2.62. The van der Waals surface area contributed by atoms with E-state index in [-0.39, 0.29) is 0 Å². The van der Waals surface area contributed by atoms with Crippen LogP contribution < -0.4 is 5.73 Å². The Labute approximate surface area is 117 Å². The van der Waals surface area contributed by atoms with Gasteiger partial charge in [0.15, 0.2) is 0 Å². The van der Waals surface area contributed by atoms with Gasteiger partial charge in [-0.3, -0.25) is 4.57 Å². The molecule has 0 bridgehead atoms. The molecule has 0 amide bonds. The lowest BCUT2D eigenvalue weighted by Crippen LogP contribution is -2.01. The molecule has 3 rings (SSSR count). The van der Waals surface area contributed by atoms with Crippen LogP contribution in [0.2, 0.25) is 0 Å². The van der Waals surface area contributed by atoms with Crippen molar-refractivity contribution in [2.75, 3.05) is 5.73 Å². The van der Waals surface area contributed by atoms with Crippen LogP contribution >= 0.6 is 0 Å². The summed E-state index contributed by atoms with van der Waals surface area (Å²) in [5, 5.41) is 0. The fraction of sp³-hybridized carbons (Fsp3) is 0.125. The number of rotatable bonds is 2. The second kappa shape index (κ2) is 4.81. The van der Waals surface area contributed by atoms with Gasteiger partial charge in [-0.25, -0.2) is 9.97 Å². The molecular weight excluding hydrogens is 248 g/mol. The zero-order valence-electron chi connectivity index (χ0n) is 11.5. The van der Waals surface area contributed by atoms with Gasteiger partial charge in [0.1, 0.15) is 5.82 Å². The number of aryl methyl sites for hydroxylation is 2. The summed E-state index contributed by atoms with van der Waals surface area (Å²) in [7, 11) is 0. The highest BCUT2D eigenvalue weighted by molar-refractivity contribution is 5.72. The minimum atomic E-state index is 0.513. The molecule has 20 heavy (non-hydrogen) atoms. The topological polar surface area (TPSA) is 56.7 Å². The Balaban J connectivity index is 2.18. The number of pyridine rings is 1. The summed E-state index contributed by atoms with van der Waals surface area (Å²) in [4.78, 5) is 8.40. The van der Waals surface area contributed by atoms with E-state index >= 15 is 0 Å². The van der Waals surface area contributed by atoms with Crippen molar-refractivity contribution in [1.82, 2.24) is 14.5 Å². The van der Waals surface area contributed by atoms with E-state index in [0.29, 0.717) is 5.82 Å².